The summed E-state index contributed by atoms with van der Waals surface area (Å²) < 4.78 is 10.9. The van der Waals surface area contributed by atoms with E-state index in [1.165, 1.54) is 12.8 Å². The Labute approximate surface area is 144 Å². The molecule has 2 aliphatic carbocycles. The number of benzene rings is 1. The summed E-state index contributed by atoms with van der Waals surface area (Å²) in [6, 6.07) is 6.67. The molecule has 2 fully saturated rings. The molecule has 2 saturated carbocycles. The second kappa shape index (κ2) is 7.73. The zero-order valence-corrected chi connectivity index (χ0v) is 14.7. The molecule has 0 aliphatic heterocycles. The molecule has 0 atom stereocenters. The molecule has 3 rings (SSSR count). The van der Waals surface area contributed by atoms with E-state index in [4.69, 9.17) is 9.47 Å². The van der Waals surface area contributed by atoms with Gasteiger partial charge in [0.05, 0.1) is 13.7 Å². The summed E-state index contributed by atoms with van der Waals surface area (Å²) in [4.78, 5) is 14.8. The van der Waals surface area contributed by atoms with Crippen LogP contribution >= 0.6 is 0 Å². The van der Waals surface area contributed by atoms with Gasteiger partial charge >= 0.3 is 0 Å². The summed E-state index contributed by atoms with van der Waals surface area (Å²) in [6.07, 6.45) is 10.7. The van der Waals surface area contributed by atoms with E-state index in [0.717, 1.165) is 37.0 Å². The highest BCUT2D eigenvalue weighted by Gasteiger charge is 2.37. The molecule has 0 radical (unpaired) electrons. The summed E-state index contributed by atoms with van der Waals surface area (Å²) in [5, 5.41) is 0. The van der Waals surface area contributed by atoms with E-state index in [1.807, 2.05) is 31.2 Å². The van der Waals surface area contributed by atoms with E-state index in [9.17, 15) is 4.79 Å². The second-order valence-electron chi connectivity index (χ2n) is 6.59. The molecule has 24 heavy (non-hydrogen) atoms. The van der Waals surface area contributed by atoms with E-state index in [2.05, 4.69) is 4.90 Å². The Hall–Kier alpha value is -1.97. The Morgan fingerprint density at radius 2 is 1.88 bits per heavy atom. The minimum atomic E-state index is 0.150. The minimum absolute atomic E-state index is 0.150. The normalized spacial score (nSPS) is 18.1. The van der Waals surface area contributed by atoms with Gasteiger partial charge in [-0.25, -0.2) is 0 Å². The highest BCUT2D eigenvalue weighted by molar-refractivity contribution is 5.92. The van der Waals surface area contributed by atoms with Crippen LogP contribution in [0.4, 0.5) is 0 Å². The first-order valence-electron chi connectivity index (χ1n) is 9.04. The lowest BCUT2D eigenvalue weighted by Crippen LogP contribution is -2.39. The van der Waals surface area contributed by atoms with Crippen molar-refractivity contribution in [3.05, 3.63) is 29.8 Å². The lowest BCUT2D eigenvalue weighted by molar-refractivity contribution is -0.128. The van der Waals surface area contributed by atoms with Crippen molar-refractivity contribution in [3.8, 4) is 11.5 Å². The van der Waals surface area contributed by atoms with Crippen molar-refractivity contribution >= 4 is 12.0 Å². The number of carbonyl (C=O) groups is 1. The van der Waals surface area contributed by atoms with Gasteiger partial charge in [-0.3, -0.25) is 4.79 Å². The van der Waals surface area contributed by atoms with Crippen LogP contribution in [0.3, 0.4) is 0 Å². The van der Waals surface area contributed by atoms with Crippen LogP contribution in [-0.4, -0.2) is 36.6 Å². The van der Waals surface area contributed by atoms with E-state index in [1.54, 1.807) is 13.2 Å². The number of nitrogens with zero attached hydrogens (tertiary/aromatic N) is 1. The van der Waals surface area contributed by atoms with Gasteiger partial charge in [-0.1, -0.05) is 18.9 Å². The van der Waals surface area contributed by atoms with Crippen molar-refractivity contribution in [2.24, 2.45) is 0 Å². The molecule has 0 aromatic heterocycles. The average molecular weight is 329 g/mol. The molecule has 1 amide bonds. The summed E-state index contributed by atoms with van der Waals surface area (Å²) in [6.45, 7) is 2.54. The van der Waals surface area contributed by atoms with Gasteiger partial charge in [-0.05, 0) is 56.4 Å². The number of hydrogen-bond acceptors (Lipinski definition) is 3. The smallest absolute Gasteiger partial charge is 0.247 e. The second-order valence-corrected chi connectivity index (χ2v) is 6.59. The predicted molar refractivity (Wildman–Crippen MR) is 95.3 cm³/mol. The molecule has 4 nitrogen and oxygen atoms in total. The molecule has 0 saturated heterocycles. The van der Waals surface area contributed by atoms with E-state index < -0.39 is 0 Å². The highest BCUT2D eigenvalue weighted by atomic mass is 16.5. The van der Waals surface area contributed by atoms with E-state index in [-0.39, 0.29) is 5.91 Å². The van der Waals surface area contributed by atoms with Crippen molar-refractivity contribution < 1.29 is 14.3 Å². The summed E-state index contributed by atoms with van der Waals surface area (Å²) in [5.74, 6) is 1.58. The maximum Gasteiger partial charge on any atom is 0.247 e. The van der Waals surface area contributed by atoms with Crippen molar-refractivity contribution in [1.82, 2.24) is 4.90 Å². The summed E-state index contributed by atoms with van der Waals surface area (Å²) in [7, 11) is 1.63. The molecule has 2 aliphatic rings. The molecule has 0 bridgehead atoms. The number of rotatable bonds is 7. The van der Waals surface area contributed by atoms with Crippen LogP contribution in [0.5, 0.6) is 11.5 Å². The van der Waals surface area contributed by atoms with Gasteiger partial charge in [0, 0.05) is 18.2 Å². The van der Waals surface area contributed by atoms with Gasteiger partial charge in [-0.2, -0.15) is 0 Å². The lowest BCUT2D eigenvalue weighted by atomic mass is 10.1. The fourth-order valence-electron chi connectivity index (χ4n) is 3.51. The Morgan fingerprint density at radius 1 is 1.17 bits per heavy atom. The van der Waals surface area contributed by atoms with Gasteiger partial charge in [0.15, 0.2) is 11.5 Å². The molecular formula is C20H27NO3. The Morgan fingerprint density at radius 3 is 2.50 bits per heavy atom. The number of ether oxygens (including phenoxy) is 2. The van der Waals surface area contributed by atoms with Gasteiger partial charge in [0.1, 0.15) is 0 Å². The molecule has 0 N–H and O–H groups in total. The van der Waals surface area contributed by atoms with Crippen molar-refractivity contribution in [2.75, 3.05) is 13.7 Å². The maximum atomic E-state index is 12.7. The van der Waals surface area contributed by atoms with Crippen LogP contribution in [0.15, 0.2) is 24.3 Å². The van der Waals surface area contributed by atoms with Crippen molar-refractivity contribution in [1.29, 1.82) is 0 Å². The number of amides is 1. The molecule has 4 heteroatoms. The molecule has 0 spiro atoms. The van der Waals surface area contributed by atoms with Crippen LogP contribution in [0.2, 0.25) is 0 Å². The maximum absolute atomic E-state index is 12.7. The number of hydrogen-bond donors (Lipinski definition) is 0. The van der Waals surface area contributed by atoms with E-state index in [0.29, 0.717) is 24.4 Å². The van der Waals surface area contributed by atoms with Gasteiger partial charge in [0.25, 0.3) is 0 Å². The largest absolute Gasteiger partial charge is 0.493 e. The SMILES string of the molecule is CCOc1ccc(/C=C/C(=O)N(C2CCCC2)C2CC2)cc1OC. The topological polar surface area (TPSA) is 38.8 Å². The Balaban J connectivity index is 1.70. The lowest BCUT2D eigenvalue weighted by Gasteiger charge is -2.28. The molecule has 0 unspecified atom stereocenters. The standard InChI is InChI=1S/C20H27NO3/c1-3-24-18-12-8-15(14-19(18)23-2)9-13-20(22)21(17-10-11-17)16-6-4-5-7-16/h8-9,12-14,16-17H,3-7,10-11H2,1-2H3/b13-9+. The summed E-state index contributed by atoms with van der Waals surface area (Å²) >= 11 is 0. The number of methoxy groups -OCH3 is 1. The third kappa shape index (κ3) is 3.92. The first kappa shape index (κ1) is 16.9. The van der Waals surface area contributed by atoms with Crippen LogP contribution in [0.1, 0.15) is 51.0 Å². The minimum Gasteiger partial charge on any atom is -0.493 e. The van der Waals surface area contributed by atoms with Crippen LogP contribution in [0.25, 0.3) is 6.08 Å². The predicted octanol–water partition coefficient (Wildman–Crippen LogP) is 4.04. The van der Waals surface area contributed by atoms with Gasteiger partial charge in [0.2, 0.25) is 5.91 Å². The summed E-state index contributed by atoms with van der Waals surface area (Å²) in [5.41, 5.74) is 0.950. The van der Waals surface area contributed by atoms with Gasteiger partial charge in [-0.15, -0.1) is 0 Å². The average Bonchev–Trinajstić information content (AvgIpc) is 3.28. The van der Waals surface area contributed by atoms with Crippen molar-refractivity contribution in [3.63, 3.8) is 0 Å². The quantitative estimate of drug-likeness (QED) is 0.709. The van der Waals surface area contributed by atoms with Crippen molar-refractivity contribution in [2.45, 2.75) is 57.5 Å². The first-order valence-corrected chi connectivity index (χ1v) is 9.04. The molecule has 130 valence electrons. The number of carbonyl (C=O) groups excluding carboxylic acids is 1. The third-order valence-corrected chi connectivity index (χ3v) is 4.82. The van der Waals surface area contributed by atoms with Crippen LogP contribution in [0, 0.1) is 0 Å². The monoisotopic (exact) mass is 329 g/mol. The van der Waals surface area contributed by atoms with Crippen LogP contribution in [-0.2, 0) is 4.79 Å². The fourth-order valence-corrected chi connectivity index (χ4v) is 3.51. The molecule has 0 heterocycles. The first-order chi connectivity index (χ1) is 11.7. The van der Waals surface area contributed by atoms with Gasteiger partial charge < -0.3 is 14.4 Å². The van der Waals surface area contributed by atoms with E-state index >= 15 is 0 Å². The third-order valence-electron chi connectivity index (χ3n) is 4.82. The highest BCUT2D eigenvalue weighted by Crippen LogP contribution is 2.35. The Bertz CT molecular complexity index is 601. The molecule has 1 aromatic rings. The molecular weight excluding hydrogens is 302 g/mol. The van der Waals surface area contributed by atoms with Crippen LogP contribution < -0.4 is 9.47 Å². The zero-order chi connectivity index (χ0) is 16.9. The molecule has 1 aromatic carbocycles. The zero-order valence-electron chi connectivity index (χ0n) is 14.7. The Kier molecular flexibility index (Phi) is 5.44. The fraction of sp³-hybridized carbons (Fsp3) is 0.550.